The number of hydrogen-bond donors (Lipinski definition) is 0. The van der Waals surface area contributed by atoms with Crippen molar-refractivity contribution in [2.24, 2.45) is 0 Å². The molecule has 0 bridgehead atoms. The molecule has 3 aromatic heterocycles. The Bertz CT molecular complexity index is 1430. The van der Waals surface area contributed by atoms with Crippen LogP contribution in [0.25, 0.3) is 22.2 Å². The third kappa shape index (κ3) is 4.07. The molecule has 1 aliphatic carbocycles. The first-order valence-electron chi connectivity index (χ1n) is 11.8. The van der Waals surface area contributed by atoms with E-state index in [1.807, 2.05) is 18.5 Å². The van der Waals surface area contributed by atoms with Crippen molar-refractivity contribution in [1.29, 1.82) is 0 Å². The van der Waals surface area contributed by atoms with Crippen LogP contribution in [0.2, 0.25) is 0 Å². The first-order chi connectivity index (χ1) is 16.5. The van der Waals surface area contributed by atoms with Crippen molar-refractivity contribution in [3.63, 3.8) is 0 Å². The minimum absolute atomic E-state index is 0.311. The average molecular weight is 474 g/mol. The Labute approximate surface area is 199 Å². The van der Waals surface area contributed by atoms with Crippen molar-refractivity contribution in [3.8, 4) is 11.3 Å². The third-order valence-corrected chi connectivity index (χ3v) is 8.14. The van der Waals surface area contributed by atoms with Gasteiger partial charge in [0.2, 0.25) is 0 Å². The molecule has 0 N–H and O–H groups in total. The largest absolute Gasteiger partial charge is 0.356 e. The summed E-state index contributed by atoms with van der Waals surface area (Å²) >= 11 is 0. The molecule has 34 heavy (non-hydrogen) atoms. The van der Waals surface area contributed by atoms with Crippen LogP contribution in [0, 0.1) is 0 Å². The van der Waals surface area contributed by atoms with Crippen LogP contribution in [0.1, 0.15) is 43.2 Å². The molecule has 1 aliphatic heterocycles. The number of nitrogens with zero attached hydrogens (tertiary/aromatic N) is 5. The number of benzene rings is 1. The molecule has 1 aromatic carbocycles. The number of rotatable bonds is 5. The fraction of sp³-hybridized carbons (Fsp3) is 0.346. The number of anilines is 1. The van der Waals surface area contributed by atoms with Crippen LogP contribution >= 0.6 is 0 Å². The first-order valence-corrected chi connectivity index (χ1v) is 13.7. The summed E-state index contributed by atoms with van der Waals surface area (Å²) in [6, 6.07) is 13.6. The van der Waals surface area contributed by atoms with E-state index in [1.54, 1.807) is 24.3 Å². The summed E-state index contributed by atoms with van der Waals surface area (Å²) in [5.41, 5.74) is 4.10. The van der Waals surface area contributed by atoms with Crippen molar-refractivity contribution in [2.45, 2.75) is 42.5 Å². The molecule has 7 nitrogen and oxygen atoms in total. The number of pyridine rings is 2. The molecule has 0 amide bonds. The molecular formula is C26H27N5O2S. The molecule has 174 valence electrons. The molecule has 2 fully saturated rings. The van der Waals surface area contributed by atoms with E-state index < -0.39 is 9.84 Å². The zero-order chi connectivity index (χ0) is 23.3. The van der Waals surface area contributed by atoms with Crippen molar-refractivity contribution in [1.82, 2.24) is 19.7 Å². The van der Waals surface area contributed by atoms with Gasteiger partial charge in [-0.1, -0.05) is 18.2 Å². The van der Waals surface area contributed by atoms with E-state index in [4.69, 9.17) is 10.1 Å². The summed E-state index contributed by atoms with van der Waals surface area (Å²) in [5, 5.41) is 5.74. The highest BCUT2D eigenvalue weighted by Crippen LogP contribution is 2.40. The van der Waals surface area contributed by atoms with Gasteiger partial charge in [-0.05, 0) is 61.4 Å². The normalized spacial score (nSPS) is 17.4. The molecule has 1 saturated carbocycles. The van der Waals surface area contributed by atoms with E-state index in [-0.39, 0.29) is 0 Å². The summed E-state index contributed by atoms with van der Waals surface area (Å²) in [5.74, 6) is 1.81. The van der Waals surface area contributed by atoms with Crippen molar-refractivity contribution < 1.29 is 8.42 Å². The van der Waals surface area contributed by atoms with Gasteiger partial charge in [0.15, 0.2) is 9.84 Å². The van der Waals surface area contributed by atoms with E-state index in [2.05, 4.69) is 32.9 Å². The van der Waals surface area contributed by atoms with Gasteiger partial charge >= 0.3 is 0 Å². The van der Waals surface area contributed by atoms with Crippen LogP contribution in [-0.2, 0) is 9.84 Å². The van der Waals surface area contributed by atoms with E-state index in [1.165, 1.54) is 24.7 Å². The minimum Gasteiger partial charge on any atom is -0.356 e. The highest BCUT2D eigenvalue weighted by atomic mass is 32.2. The highest BCUT2D eigenvalue weighted by Gasteiger charge is 2.26. The molecule has 0 spiro atoms. The van der Waals surface area contributed by atoms with Gasteiger partial charge in [-0.3, -0.25) is 9.67 Å². The van der Waals surface area contributed by atoms with Gasteiger partial charge in [-0.15, -0.1) is 0 Å². The Morgan fingerprint density at radius 3 is 2.29 bits per heavy atom. The molecule has 2 aliphatic rings. The lowest BCUT2D eigenvalue weighted by molar-refractivity contribution is 0.375. The predicted molar refractivity (Wildman–Crippen MR) is 133 cm³/mol. The van der Waals surface area contributed by atoms with E-state index in [0.717, 1.165) is 59.8 Å². The monoisotopic (exact) mass is 473 g/mol. The lowest BCUT2D eigenvalue weighted by atomic mass is 10.0. The number of fused-ring (bicyclic) bond motifs is 1. The summed E-state index contributed by atoms with van der Waals surface area (Å²) in [6.07, 6.45) is 11.7. The second-order valence-corrected chi connectivity index (χ2v) is 11.5. The Hall–Kier alpha value is -3.26. The summed E-state index contributed by atoms with van der Waals surface area (Å²) in [4.78, 5) is 12.1. The quantitative estimate of drug-likeness (QED) is 0.421. The van der Waals surface area contributed by atoms with Crippen molar-refractivity contribution in [3.05, 3.63) is 66.6 Å². The standard InChI is InChI=1S/C26H27N5O2S/c1-34(32,33)23-7-4-19(5-8-23)24-14-21-16-29-31(25(21)17-27-24)22-10-12-30(13-11-22)26-9-6-20(15-28-26)18-2-3-18/h4-9,14-18,22H,2-3,10-13H2,1H3. The summed E-state index contributed by atoms with van der Waals surface area (Å²) in [6.45, 7) is 1.92. The molecule has 0 unspecified atom stereocenters. The van der Waals surface area contributed by atoms with E-state index >= 15 is 0 Å². The average Bonchev–Trinajstić information content (AvgIpc) is 3.63. The smallest absolute Gasteiger partial charge is 0.175 e. The van der Waals surface area contributed by atoms with E-state index in [9.17, 15) is 8.42 Å². The molecule has 1 saturated heterocycles. The Kier molecular flexibility index (Phi) is 5.13. The lowest BCUT2D eigenvalue weighted by Gasteiger charge is -2.33. The van der Waals surface area contributed by atoms with Gasteiger partial charge < -0.3 is 4.90 Å². The van der Waals surface area contributed by atoms with Crippen LogP contribution < -0.4 is 4.90 Å². The highest BCUT2D eigenvalue weighted by molar-refractivity contribution is 7.90. The van der Waals surface area contributed by atoms with Crippen LogP contribution in [0.4, 0.5) is 5.82 Å². The molecular weight excluding hydrogens is 446 g/mol. The van der Waals surface area contributed by atoms with Gasteiger partial charge in [0.1, 0.15) is 5.82 Å². The van der Waals surface area contributed by atoms with Crippen molar-refractivity contribution in [2.75, 3.05) is 24.2 Å². The van der Waals surface area contributed by atoms with Crippen LogP contribution in [0.3, 0.4) is 0 Å². The number of piperidine rings is 1. The fourth-order valence-corrected chi connectivity index (χ4v) is 5.48. The van der Waals surface area contributed by atoms with Gasteiger partial charge in [0.05, 0.1) is 34.5 Å². The van der Waals surface area contributed by atoms with Gasteiger partial charge in [0, 0.05) is 36.5 Å². The lowest BCUT2D eigenvalue weighted by Crippen LogP contribution is -2.35. The second kappa shape index (κ2) is 8.20. The zero-order valence-electron chi connectivity index (χ0n) is 19.1. The number of sulfone groups is 1. The minimum atomic E-state index is -3.21. The summed E-state index contributed by atoms with van der Waals surface area (Å²) < 4.78 is 25.5. The maximum Gasteiger partial charge on any atom is 0.175 e. The zero-order valence-corrected chi connectivity index (χ0v) is 19.9. The summed E-state index contributed by atoms with van der Waals surface area (Å²) in [7, 11) is -3.21. The molecule has 4 heterocycles. The van der Waals surface area contributed by atoms with Gasteiger partial charge in [-0.25, -0.2) is 13.4 Å². The molecule has 8 heteroatoms. The fourth-order valence-electron chi connectivity index (χ4n) is 4.85. The van der Waals surface area contributed by atoms with Crippen LogP contribution in [0.15, 0.2) is 66.0 Å². The topological polar surface area (TPSA) is 81.0 Å². The van der Waals surface area contributed by atoms with Crippen molar-refractivity contribution >= 4 is 26.6 Å². The van der Waals surface area contributed by atoms with Crippen LogP contribution in [0.5, 0.6) is 0 Å². The Balaban J connectivity index is 1.17. The molecule has 0 radical (unpaired) electrons. The molecule has 0 atom stereocenters. The molecule has 6 rings (SSSR count). The number of hydrogen-bond acceptors (Lipinski definition) is 6. The third-order valence-electron chi connectivity index (χ3n) is 7.01. The van der Waals surface area contributed by atoms with Gasteiger partial charge in [0.25, 0.3) is 0 Å². The SMILES string of the molecule is CS(=O)(=O)c1ccc(-c2cc3cnn(C4CCN(c5ccc(C6CC6)cn5)CC4)c3cn2)cc1. The first kappa shape index (κ1) is 21.3. The maximum atomic E-state index is 11.7. The molecule has 4 aromatic rings. The Morgan fingerprint density at radius 1 is 0.882 bits per heavy atom. The number of aromatic nitrogens is 4. The second-order valence-electron chi connectivity index (χ2n) is 9.46. The maximum absolute atomic E-state index is 11.7. The Morgan fingerprint density at radius 2 is 1.65 bits per heavy atom. The van der Waals surface area contributed by atoms with Gasteiger partial charge in [-0.2, -0.15) is 5.10 Å². The van der Waals surface area contributed by atoms with E-state index in [0.29, 0.717) is 10.9 Å². The predicted octanol–water partition coefficient (Wildman–Crippen LogP) is 4.62. The van der Waals surface area contributed by atoms with Crippen LogP contribution in [-0.4, -0.2) is 47.5 Å².